The zero-order chi connectivity index (χ0) is 20.8. The molecule has 1 atom stereocenters. The second kappa shape index (κ2) is 6.97. The number of carbonyl (C=O) groups is 1. The molecule has 6 heteroatoms. The van der Waals surface area contributed by atoms with E-state index in [0.717, 1.165) is 49.2 Å². The van der Waals surface area contributed by atoms with Crippen LogP contribution in [0.15, 0.2) is 65.5 Å². The van der Waals surface area contributed by atoms with Crippen molar-refractivity contribution in [3.8, 4) is 0 Å². The average molecular weight is 402 g/mol. The van der Waals surface area contributed by atoms with E-state index in [4.69, 9.17) is 4.99 Å². The van der Waals surface area contributed by atoms with Crippen molar-refractivity contribution >= 4 is 11.6 Å². The van der Waals surface area contributed by atoms with Crippen molar-refractivity contribution in [2.24, 2.45) is 4.99 Å². The minimum absolute atomic E-state index is 0.207. The first-order chi connectivity index (χ1) is 14.5. The summed E-state index contributed by atoms with van der Waals surface area (Å²) >= 11 is 0. The Morgan fingerprint density at radius 2 is 1.80 bits per heavy atom. The van der Waals surface area contributed by atoms with Gasteiger partial charge in [-0.05, 0) is 74.9 Å². The van der Waals surface area contributed by atoms with Gasteiger partial charge in [0.05, 0.1) is 11.3 Å². The van der Waals surface area contributed by atoms with Crippen LogP contribution >= 0.6 is 0 Å². The summed E-state index contributed by atoms with van der Waals surface area (Å²) in [6.45, 7) is 1.87. The predicted molar refractivity (Wildman–Crippen MR) is 113 cm³/mol. The molecule has 1 N–H and O–H groups in total. The van der Waals surface area contributed by atoms with Gasteiger partial charge < -0.3 is 5.32 Å². The van der Waals surface area contributed by atoms with Gasteiger partial charge in [0.15, 0.2) is 0 Å². The molecule has 152 valence electrons. The fourth-order valence-electron chi connectivity index (χ4n) is 4.38. The normalized spacial score (nSPS) is 23.8. The van der Waals surface area contributed by atoms with Gasteiger partial charge in [0, 0.05) is 23.5 Å². The molecule has 30 heavy (non-hydrogen) atoms. The van der Waals surface area contributed by atoms with Crippen LogP contribution in [0.2, 0.25) is 0 Å². The lowest BCUT2D eigenvalue weighted by atomic mass is 9.74. The van der Waals surface area contributed by atoms with E-state index in [1.807, 2.05) is 25.4 Å². The molecule has 0 saturated heterocycles. The number of rotatable bonds is 4. The number of aliphatic imine (C=N–C) groups is 1. The maximum absolute atomic E-state index is 13.2. The lowest BCUT2D eigenvalue weighted by Gasteiger charge is -2.38. The number of nitrogens with zero attached hydrogens (tertiary/aromatic N) is 3. The van der Waals surface area contributed by atoms with Crippen molar-refractivity contribution in [1.82, 2.24) is 15.3 Å². The lowest BCUT2D eigenvalue weighted by Crippen LogP contribution is -2.45. The molecule has 1 amide bonds. The van der Waals surface area contributed by atoms with Gasteiger partial charge in [-0.25, -0.2) is 14.4 Å². The molecule has 1 unspecified atom stereocenters. The third kappa shape index (κ3) is 3.16. The summed E-state index contributed by atoms with van der Waals surface area (Å²) in [4.78, 5) is 26.8. The third-order valence-electron chi connectivity index (χ3n) is 6.27. The van der Waals surface area contributed by atoms with E-state index in [-0.39, 0.29) is 11.7 Å². The van der Waals surface area contributed by atoms with Crippen molar-refractivity contribution in [3.63, 3.8) is 0 Å². The number of dihydropyridines is 1. The number of fused-ring (bicyclic) bond motifs is 1. The van der Waals surface area contributed by atoms with E-state index >= 15 is 0 Å². The largest absolute Gasteiger partial charge is 0.341 e. The number of amides is 1. The summed E-state index contributed by atoms with van der Waals surface area (Å²) in [5.41, 5.74) is 2.53. The molecule has 1 fully saturated rings. The van der Waals surface area contributed by atoms with Gasteiger partial charge in [-0.2, -0.15) is 0 Å². The first kappa shape index (κ1) is 18.9. The molecule has 1 aromatic heterocycles. The maximum atomic E-state index is 13.2. The van der Waals surface area contributed by atoms with Crippen LogP contribution in [0.5, 0.6) is 0 Å². The molecule has 1 aliphatic heterocycles. The van der Waals surface area contributed by atoms with Crippen molar-refractivity contribution in [2.75, 3.05) is 0 Å². The Bertz CT molecular complexity index is 1080. The first-order valence-electron chi connectivity index (χ1n) is 10.4. The van der Waals surface area contributed by atoms with Crippen LogP contribution in [0.25, 0.3) is 0 Å². The number of halogens is 1. The van der Waals surface area contributed by atoms with Gasteiger partial charge >= 0.3 is 0 Å². The number of carbonyl (C=O) groups excluding carboxylic acids is 1. The Balaban J connectivity index is 1.49. The number of aryl methyl sites for hydroxylation is 1. The van der Waals surface area contributed by atoms with Crippen molar-refractivity contribution in [2.45, 2.75) is 50.1 Å². The van der Waals surface area contributed by atoms with Gasteiger partial charge in [-0.15, -0.1) is 0 Å². The van der Waals surface area contributed by atoms with Gasteiger partial charge in [-0.1, -0.05) is 12.2 Å². The van der Waals surface area contributed by atoms with Crippen LogP contribution in [-0.4, -0.2) is 27.1 Å². The number of nitrogens with one attached hydrogen (secondary N) is 1. The second-order valence-corrected chi connectivity index (χ2v) is 8.30. The topological polar surface area (TPSA) is 67.2 Å². The van der Waals surface area contributed by atoms with Crippen molar-refractivity contribution in [3.05, 3.63) is 83.2 Å². The van der Waals surface area contributed by atoms with Crippen LogP contribution in [0, 0.1) is 12.7 Å². The SMILES string of the molecule is Cc1ncc(C23CCCC=C2C=CC(C2(NC(=O)c4ccc(F)cc4)CC2)=N3)cn1. The summed E-state index contributed by atoms with van der Waals surface area (Å²) in [5, 5.41) is 3.15. The monoisotopic (exact) mass is 402 g/mol. The van der Waals surface area contributed by atoms with Crippen molar-refractivity contribution in [1.29, 1.82) is 0 Å². The van der Waals surface area contributed by atoms with E-state index in [1.165, 1.54) is 29.8 Å². The summed E-state index contributed by atoms with van der Waals surface area (Å²) < 4.78 is 13.2. The van der Waals surface area contributed by atoms with E-state index in [9.17, 15) is 9.18 Å². The molecular weight excluding hydrogens is 379 g/mol. The van der Waals surface area contributed by atoms with E-state index in [2.05, 4.69) is 27.4 Å². The van der Waals surface area contributed by atoms with Gasteiger partial charge in [-0.3, -0.25) is 9.79 Å². The quantitative estimate of drug-likeness (QED) is 0.833. The van der Waals surface area contributed by atoms with Gasteiger partial charge in [0.25, 0.3) is 5.91 Å². The zero-order valence-corrected chi connectivity index (χ0v) is 16.9. The molecule has 2 aromatic rings. The number of hydrogen-bond acceptors (Lipinski definition) is 4. The molecule has 3 aliphatic rings. The lowest BCUT2D eigenvalue weighted by molar-refractivity contribution is 0.0943. The highest BCUT2D eigenvalue weighted by atomic mass is 19.1. The number of hydrogen-bond donors (Lipinski definition) is 1. The van der Waals surface area contributed by atoms with Gasteiger partial charge in [0.1, 0.15) is 17.2 Å². The van der Waals surface area contributed by atoms with E-state index in [0.29, 0.717) is 5.56 Å². The Labute approximate surface area is 174 Å². The Morgan fingerprint density at radius 1 is 1.07 bits per heavy atom. The Kier molecular flexibility index (Phi) is 4.38. The fourth-order valence-corrected chi connectivity index (χ4v) is 4.38. The Hall–Kier alpha value is -3.15. The molecule has 1 aromatic carbocycles. The summed E-state index contributed by atoms with van der Waals surface area (Å²) in [7, 11) is 0. The number of aromatic nitrogens is 2. The molecule has 0 spiro atoms. The molecule has 2 aliphatic carbocycles. The van der Waals surface area contributed by atoms with Crippen LogP contribution in [0.1, 0.15) is 53.8 Å². The summed E-state index contributed by atoms with van der Waals surface area (Å²) in [6, 6.07) is 5.62. The highest BCUT2D eigenvalue weighted by Gasteiger charge is 2.51. The highest BCUT2D eigenvalue weighted by molar-refractivity contribution is 6.10. The predicted octanol–water partition coefficient (Wildman–Crippen LogP) is 4.20. The molecular formula is C24H23FN4O. The summed E-state index contributed by atoms with van der Waals surface area (Å²) in [6.07, 6.45) is 14.8. The number of allylic oxidation sites excluding steroid dienone is 1. The molecule has 5 rings (SSSR count). The Morgan fingerprint density at radius 3 is 2.50 bits per heavy atom. The summed E-state index contributed by atoms with van der Waals surface area (Å²) in [5.74, 6) is 0.171. The van der Waals surface area contributed by atoms with Crippen LogP contribution in [0.3, 0.4) is 0 Å². The third-order valence-corrected chi connectivity index (χ3v) is 6.27. The zero-order valence-electron chi connectivity index (χ0n) is 16.9. The van der Waals surface area contributed by atoms with Crippen LogP contribution in [-0.2, 0) is 5.54 Å². The second-order valence-electron chi connectivity index (χ2n) is 8.30. The molecule has 0 radical (unpaired) electrons. The smallest absolute Gasteiger partial charge is 0.252 e. The number of benzene rings is 1. The van der Waals surface area contributed by atoms with Gasteiger partial charge in [0.2, 0.25) is 0 Å². The van der Waals surface area contributed by atoms with Crippen molar-refractivity contribution < 1.29 is 9.18 Å². The van der Waals surface area contributed by atoms with E-state index in [1.54, 1.807) is 0 Å². The molecule has 2 heterocycles. The van der Waals surface area contributed by atoms with Crippen LogP contribution < -0.4 is 5.32 Å². The molecule has 5 nitrogen and oxygen atoms in total. The van der Waals surface area contributed by atoms with Crippen LogP contribution in [0.4, 0.5) is 4.39 Å². The highest BCUT2D eigenvalue weighted by Crippen LogP contribution is 2.48. The molecule has 1 saturated carbocycles. The first-order valence-corrected chi connectivity index (χ1v) is 10.4. The minimum atomic E-state index is -0.494. The van der Waals surface area contributed by atoms with E-state index < -0.39 is 11.1 Å². The average Bonchev–Trinajstić information content (AvgIpc) is 3.54. The molecule has 0 bridgehead atoms. The standard InChI is InChI=1S/C24H23FN4O/c1-16-26-14-19(15-27-16)24-11-3-2-4-18(24)7-10-21(28-24)23(12-13-23)29-22(30)17-5-8-20(25)9-6-17/h4-10,14-15H,2-3,11-13H2,1H3,(H,29,30). The maximum Gasteiger partial charge on any atom is 0.252 e. The minimum Gasteiger partial charge on any atom is -0.341 e. The fraction of sp³-hybridized carbons (Fsp3) is 0.333.